The van der Waals surface area contributed by atoms with Crippen molar-refractivity contribution in [2.24, 2.45) is 0 Å². The SMILES string of the molecule is CC(=O)NCCCN1CCCC1=O. The average Bonchev–Trinajstić information content (AvgIpc) is 2.45. The first-order chi connectivity index (χ1) is 6.20. The third-order valence-electron chi connectivity index (χ3n) is 2.15. The van der Waals surface area contributed by atoms with Crippen LogP contribution in [0.15, 0.2) is 0 Å². The second kappa shape index (κ2) is 4.84. The van der Waals surface area contributed by atoms with E-state index in [1.165, 1.54) is 6.92 Å². The third-order valence-corrected chi connectivity index (χ3v) is 2.15. The summed E-state index contributed by atoms with van der Waals surface area (Å²) in [6, 6.07) is 0. The number of hydrogen-bond acceptors (Lipinski definition) is 2. The number of hydrogen-bond donors (Lipinski definition) is 1. The predicted molar refractivity (Wildman–Crippen MR) is 49.1 cm³/mol. The molecule has 74 valence electrons. The van der Waals surface area contributed by atoms with Gasteiger partial charge in [0.05, 0.1) is 0 Å². The van der Waals surface area contributed by atoms with Gasteiger partial charge in [-0.05, 0) is 12.8 Å². The van der Waals surface area contributed by atoms with Crippen LogP contribution in [0.2, 0.25) is 0 Å². The fourth-order valence-corrected chi connectivity index (χ4v) is 1.47. The Bertz CT molecular complexity index is 204. The number of nitrogens with one attached hydrogen (secondary N) is 1. The zero-order chi connectivity index (χ0) is 9.68. The molecule has 0 bridgehead atoms. The highest BCUT2D eigenvalue weighted by Crippen LogP contribution is 2.09. The maximum absolute atomic E-state index is 11.1. The summed E-state index contributed by atoms with van der Waals surface area (Å²) < 4.78 is 0. The Morgan fingerprint density at radius 3 is 2.92 bits per heavy atom. The van der Waals surface area contributed by atoms with Gasteiger partial charge in [-0.3, -0.25) is 9.59 Å². The first-order valence-corrected chi connectivity index (χ1v) is 4.72. The maximum atomic E-state index is 11.1. The Morgan fingerprint density at radius 2 is 2.38 bits per heavy atom. The van der Waals surface area contributed by atoms with E-state index < -0.39 is 0 Å². The summed E-state index contributed by atoms with van der Waals surface area (Å²) in [6.07, 6.45) is 2.53. The lowest BCUT2D eigenvalue weighted by atomic mass is 10.4. The van der Waals surface area contributed by atoms with Crippen LogP contribution in [0.3, 0.4) is 0 Å². The van der Waals surface area contributed by atoms with Gasteiger partial charge >= 0.3 is 0 Å². The van der Waals surface area contributed by atoms with E-state index in [-0.39, 0.29) is 11.8 Å². The van der Waals surface area contributed by atoms with E-state index in [2.05, 4.69) is 5.32 Å². The van der Waals surface area contributed by atoms with Crippen LogP contribution in [0.1, 0.15) is 26.2 Å². The van der Waals surface area contributed by atoms with E-state index in [4.69, 9.17) is 0 Å². The Labute approximate surface area is 78.3 Å². The number of carbonyl (C=O) groups is 2. The lowest BCUT2D eigenvalue weighted by Crippen LogP contribution is -2.29. The van der Waals surface area contributed by atoms with E-state index in [0.29, 0.717) is 13.0 Å². The summed E-state index contributed by atoms with van der Waals surface area (Å²) in [5, 5.41) is 2.71. The van der Waals surface area contributed by atoms with Crippen molar-refractivity contribution in [3.8, 4) is 0 Å². The number of likely N-dealkylation sites (tertiary alicyclic amines) is 1. The molecule has 0 aromatic heterocycles. The predicted octanol–water partition coefficient (Wildman–Crippen LogP) is 0.135. The molecule has 1 aliphatic heterocycles. The Balaban J connectivity index is 2.05. The minimum absolute atomic E-state index is 0.00671. The van der Waals surface area contributed by atoms with Crippen LogP contribution in [-0.4, -0.2) is 36.3 Å². The van der Waals surface area contributed by atoms with Gasteiger partial charge in [0.15, 0.2) is 0 Å². The van der Waals surface area contributed by atoms with E-state index in [0.717, 1.165) is 25.9 Å². The van der Waals surface area contributed by atoms with Gasteiger partial charge < -0.3 is 10.2 Å². The standard InChI is InChI=1S/C9H16N2O2/c1-8(12)10-5-3-7-11-6-2-4-9(11)13/h2-7H2,1H3,(H,10,12). The fraction of sp³-hybridized carbons (Fsp3) is 0.778. The van der Waals surface area contributed by atoms with E-state index >= 15 is 0 Å². The summed E-state index contributed by atoms with van der Waals surface area (Å²) in [5.41, 5.74) is 0. The molecule has 1 fully saturated rings. The molecule has 1 saturated heterocycles. The van der Waals surface area contributed by atoms with Crippen molar-refractivity contribution >= 4 is 11.8 Å². The topological polar surface area (TPSA) is 49.4 Å². The van der Waals surface area contributed by atoms with Crippen molar-refractivity contribution < 1.29 is 9.59 Å². The van der Waals surface area contributed by atoms with Crippen molar-refractivity contribution in [3.05, 3.63) is 0 Å². The lowest BCUT2D eigenvalue weighted by molar-refractivity contribution is -0.127. The molecule has 0 unspecified atom stereocenters. The fourth-order valence-electron chi connectivity index (χ4n) is 1.47. The number of carbonyl (C=O) groups excluding carboxylic acids is 2. The molecule has 4 nitrogen and oxygen atoms in total. The van der Waals surface area contributed by atoms with Gasteiger partial charge in [-0.25, -0.2) is 0 Å². The molecule has 0 spiro atoms. The molecule has 1 aliphatic rings. The number of rotatable bonds is 4. The third kappa shape index (κ3) is 3.44. The van der Waals surface area contributed by atoms with Crippen molar-refractivity contribution in [2.75, 3.05) is 19.6 Å². The Hall–Kier alpha value is -1.06. The molecule has 0 atom stereocenters. The molecule has 0 radical (unpaired) electrons. The zero-order valence-corrected chi connectivity index (χ0v) is 8.01. The number of nitrogens with zero attached hydrogens (tertiary/aromatic N) is 1. The molecule has 1 heterocycles. The smallest absolute Gasteiger partial charge is 0.222 e. The van der Waals surface area contributed by atoms with Crippen molar-refractivity contribution in [1.29, 1.82) is 0 Å². The zero-order valence-electron chi connectivity index (χ0n) is 8.01. The van der Waals surface area contributed by atoms with Gasteiger partial charge in [0, 0.05) is 33.0 Å². The summed E-state index contributed by atoms with van der Waals surface area (Å²) in [5.74, 6) is 0.246. The maximum Gasteiger partial charge on any atom is 0.222 e. The Morgan fingerprint density at radius 1 is 1.62 bits per heavy atom. The minimum Gasteiger partial charge on any atom is -0.356 e. The highest BCUT2D eigenvalue weighted by atomic mass is 16.2. The molecule has 0 saturated carbocycles. The van der Waals surface area contributed by atoms with Gasteiger partial charge in [-0.1, -0.05) is 0 Å². The van der Waals surface area contributed by atoms with E-state index in [1.54, 1.807) is 0 Å². The molecular weight excluding hydrogens is 168 g/mol. The van der Waals surface area contributed by atoms with Gasteiger partial charge in [-0.2, -0.15) is 0 Å². The summed E-state index contributed by atoms with van der Waals surface area (Å²) >= 11 is 0. The molecular formula is C9H16N2O2. The molecule has 4 heteroatoms. The summed E-state index contributed by atoms with van der Waals surface area (Å²) in [6.45, 7) is 3.83. The molecule has 1 rings (SSSR count). The summed E-state index contributed by atoms with van der Waals surface area (Å²) in [7, 11) is 0. The normalized spacial score (nSPS) is 16.4. The van der Waals surface area contributed by atoms with Crippen molar-refractivity contribution in [1.82, 2.24) is 10.2 Å². The largest absolute Gasteiger partial charge is 0.356 e. The van der Waals surface area contributed by atoms with Crippen LogP contribution in [0.25, 0.3) is 0 Å². The number of amides is 2. The van der Waals surface area contributed by atoms with E-state index in [1.807, 2.05) is 4.90 Å². The second-order valence-corrected chi connectivity index (χ2v) is 3.32. The monoisotopic (exact) mass is 184 g/mol. The van der Waals surface area contributed by atoms with Crippen LogP contribution in [0.4, 0.5) is 0 Å². The minimum atomic E-state index is -0.00671. The van der Waals surface area contributed by atoms with Crippen LogP contribution >= 0.6 is 0 Å². The van der Waals surface area contributed by atoms with Crippen LogP contribution in [0, 0.1) is 0 Å². The first-order valence-electron chi connectivity index (χ1n) is 4.72. The highest BCUT2D eigenvalue weighted by Gasteiger charge is 2.18. The summed E-state index contributed by atoms with van der Waals surface area (Å²) in [4.78, 5) is 23.5. The molecule has 0 aromatic carbocycles. The second-order valence-electron chi connectivity index (χ2n) is 3.32. The molecule has 0 aliphatic carbocycles. The van der Waals surface area contributed by atoms with Gasteiger partial charge in [0.2, 0.25) is 11.8 Å². The van der Waals surface area contributed by atoms with Gasteiger partial charge in [0.25, 0.3) is 0 Å². The van der Waals surface area contributed by atoms with Crippen LogP contribution < -0.4 is 5.32 Å². The molecule has 0 aromatic rings. The van der Waals surface area contributed by atoms with Crippen LogP contribution in [-0.2, 0) is 9.59 Å². The molecule has 1 N–H and O–H groups in total. The van der Waals surface area contributed by atoms with Crippen LogP contribution in [0.5, 0.6) is 0 Å². The van der Waals surface area contributed by atoms with Gasteiger partial charge in [-0.15, -0.1) is 0 Å². The van der Waals surface area contributed by atoms with Gasteiger partial charge in [0.1, 0.15) is 0 Å². The Kier molecular flexibility index (Phi) is 3.73. The van der Waals surface area contributed by atoms with Crippen molar-refractivity contribution in [3.63, 3.8) is 0 Å². The lowest BCUT2D eigenvalue weighted by Gasteiger charge is -2.14. The average molecular weight is 184 g/mol. The van der Waals surface area contributed by atoms with E-state index in [9.17, 15) is 9.59 Å². The quantitative estimate of drug-likeness (QED) is 0.632. The molecule has 13 heavy (non-hydrogen) atoms. The van der Waals surface area contributed by atoms with Crippen molar-refractivity contribution in [2.45, 2.75) is 26.2 Å². The first kappa shape index (κ1) is 10.0. The molecule has 2 amide bonds. The highest BCUT2D eigenvalue weighted by molar-refractivity contribution is 5.78.